The number of nitrogens with one attached hydrogen (secondary N) is 1. The van der Waals surface area contributed by atoms with Crippen molar-refractivity contribution in [1.82, 2.24) is 15.3 Å². The van der Waals surface area contributed by atoms with Gasteiger partial charge in [0.15, 0.2) is 0 Å². The van der Waals surface area contributed by atoms with Crippen LogP contribution in [0.5, 0.6) is 0 Å². The maximum Gasteiger partial charge on any atom is 0.225 e. The number of nitrogens with zero attached hydrogens (tertiary/aromatic N) is 3. The first-order valence-electron chi connectivity index (χ1n) is 5.72. The number of carbonyl (C=O) groups excluding carboxylic acids is 1. The highest BCUT2D eigenvalue weighted by Gasteiger charge is 2.24. The molecule has 1 aromatic heterocycles. The number of rotatable bonds is 3. The second-order valence-electron chi connectivity index (χ2n) is 4.23. The van der Waals surface area contributed by atoms with E-state index in [2.05, 4.69) is 20.2 Å². The van der Waals surface area contributed by atoms with Crippen molar-refractivity contribution in [1.29, 1.82) is 0 Å². The van der Waals surface area contributed by atoms with E-state index in [1.54, 1.807) is 12.4 Å². The summed E-state index contributed by atoms with van der Waals surface area (Å²) in [5.41, 5.74) is 6.41. The maximum absolute atomic E-state index is 11.0. The number of nitrogens with two attached hydrogens (primary N) is 1. The first-order chi connectivity index (χ1) is 8.19. The van der Waals surface area contributed by atoms with E-state index in [0.29, 0.717) is 12.5 Å². The van der Waals surface area contributed by atoms with E-state index in [1.807, 2.05) is 0 Å². The van der Waals surface area contributed by atoms with Gasteiger partial charge >= 0.3 is 0 Å². The molecule has 0 aromatic carbocycles. The number of carbonyl (C=O) groups is 1. The van der Waals surface area contributed by atoms with Crippen LogP contribution < -0.4 is 16.0 Å². The van der Waals surface area contributed by atoms with Gasteiger partial charge in [-0.3, -0.25) is 4.79 Å². The summed E-state index contributed by atoms with van der Waals surface area (Å²) in [5.74, 6) is 0.714. The van der Waals surface area contributed by atoms with Crippen molar-refractivity contribution < 1.29 is 4.79 Å². The Hall–Kier alpha value is -1.69. The van der Waals surface area contributed by atoms with Crippen molar-refractivity contribution in [2.24, 2.45) is 5.73 Å². The number of amides is 1. The summed E-state index contributed by atoms with van der Waals surface area (Å²) in [6.45, 7) is 3.62. The molecule has 0 spiro atoms. The van der Waals surface area contributed by atoms with Crippen molar-refractivity contribution >= 4 is 11.9 Å². The van der Waals surface area contributed by atoms with Crippen LogP contribution in [0.4, 0.5) is 5.95 Å². The first-order valence-corrected chi connectivity index (χ1v) is 5.72. The fourth-order valence-corrected chi connectivity index (χ4v) is 1.96. The molecule has 1 aromatic rings. The SMILES string of the molecule is CC(=O)NC1CCN(c2ncc(CN)cn2)C1. The summed E-state index contributed by atoms with van der Waals surface area (Å²) in [4.78, 5) is 21.6. The van der Waals surface area contributed by atoms with Gasteiger partial charge in [0.05, 0.1) is 0 Å². The molecule has 0 aliphatic carbocycles. The summed E-state index contributed by atoms with van der Waals surface area (Å²) in [6, 6.07) is 0.199. The van der Waals surface area contributed by atoms with Gasteiger partial charge in [0.2, 0.25) is 11.9 Å². The third-order valence-electron chi connectivity index (χ3n) is 2.81. The molecule has 6 nitrogen and oxygen atoms in total. The molecule has 0 bridgehead atoms. The Labute approximate surface area is 100 Å². The Morgan fingerprint density at radius 2 is 2.29 bits per heavy atom. The molecule has 1 aliphatic rings. The largest absolute Gasteiger partial charge is 0.352 e. The molecule has 1 unspecified atom stereocenters. The molecular formula is C11H17N5O. The highest BCUT2D eigenvalue weighted by atomic mass is 16.1. The monoisotopic (exact) mass is 235 g/mol. The first kappa shape index (κ1) is 11.8. The molecule has 2 rings (SSSR count). The number of anilines is 1. The van der Waals surface area contributed by atoms with Gasteiger partial charge in [-0.25, -0.2) is 9.97 Å². The quantitative estimate of drug-likeness (QED) is 0.748. The summed E-state index contributed by atoms with van der Waals surface area (Å²) in [7, 11) is 0. The molecule has 6 heteroatoms. The lowest BCUT2D eigenvalue weighted by Gasteiger charge is -2.16. The normalized spacial score (nSPS) is 19.4. The zero-order chi connectivity index (χ0) is 12.3. The molecular weight excluding hydrogens is 218 g/mol. The van der Waals surface area contributed by atoms with E-state index in [4.69, 9.17) is 5.73 Å². The van der Waals surface area contributed by atoms with E-state index in [1.165, 1.54) is 6.92 Å². The molecule has 17 heavy (non-hydrogen) atoms. The zero-order valence-electron chi connectivity index (χ0n) is 9.89. The van der Waals surface area contributed by atoms with Gasteiger partial charge < -0.3 is 16.0 Å². The van der Waals surface area contributed by atoms with Crippen LogP contribution in [0.2, 0.25) is 0 Å². The van der Waals surface area contributed by atoms with Crippen LogP contribution in [0, 0.1) is 0 Å². The lowest BCUT2D eigenvalue weighted by atomic mass is 10.3. The average molecular weight is 235 g/mol. The predicted octanol–water partition coefficient (Wildman–Crippen LogP) is -0.350. The van der Waals surface area contributed by atoms with E-state index in [0.717, 1.165) is 25.1 Å². The molecule has 1 aliphatic heterocycles. The second kappa shape index (κ2) is 5.09. The molecule has 0 saturated carbocycles. The lowest BCUT2D eigenvalue weighted by Crippen LogP contribution is -2.35. The van der Waals surface area contributed by atoms with Gasteiger partial charge in [-0.05, 0) is 6.42 Å². The minimum atomic E-state index is 0.0104. The van der Waals surface area contributed by atoms with Gasteiger partial charge in [0.25, 0.3) is 0 Å². The molecule has 1 fully saturated rings. The van der Waals surface area contributed by atoms with Crippen molar-refractivity contribution in [2.45, 2.75) is 25.9 Å². The predicted molar refractivity (Wildman–Crippen MR) is 64.4 cm³/mol. The summed E-state index contributed by atoms with van der Waals surface area (Å²) < 4.78 is 0. The lowest BCUT2D eigenvalue weighted by molar-refractivity contribution is -0.119. The van der Waals surface area contributed by atoms with E-state index in [-0.39, 0.29) is 11.9 Å². The van der Waals surface area contributed by atoms with Crippen LogP contribution in [-0.2, 0) is 11.3 Å². The molecule has 92 valence electrons. The highest BCUT2D eigenvalue weighted by molar-refractivity contribution is 5.73. The van der Waals surface area contributed by atoms with E-state index >= 15 is 0 Å². The van der Waals surface area contributed by atoms with Gasteiger partial charge in [0.1, 0.15) is 0 Å². The average Bonchev–Trinajstić information content (AvgIpc) is 2.77. The Balaban J connectivity index is 1.97. The maximum atomic E-state index is 11.0. The number of aromatic nitrogens is 2. The fourth-order valence-electron chi connectivity index (χ4n) is 1.96. The molecule has 1 amide bonds. The minimum absolute atomic E-state index is 0.0104. The zero-order valence-corrected chi connectivity index (χ0v) is 9.89. The van der Waals surface area contributed by atoms with Crippen molar-refractivity contribution in [3.05, 3.63) is 18.0 Å². The second-order valence-corrected chi connectivity index (χ2v) is 4.23. The van der Waals surface area contributed by atoms with Crippen LogP contribution in [0.25, 0.3) is 0 Å². The van der Waals surface area contributed by atoms with Gasteiger partial charge in [-0.15, -0.1) is 0 Å². The van der Waals surface area contributed by atoms with Crippen LogP contribution in [-0.4, -0.2) is 35.0 Å². The van der Waals surface area contributed by atoms with E-state index in [9.17, 15) is 4.79 Å². The molecule has 2 heterocycles. The highest BCUT2D eigenvalue weighted by Crippen LogP contribution is 2.15. The van der Waals surface area contributed by atoms with Crippen molar-refractivity contribution in [3.8, 4) is 0 Å². The van der Waals surface area contributed by atoms with Gasteiger partial charge in [-0.2, -0.15) is 0 Å². The summed E-state index contributed by atoms with van der Waals surface area (Å²) >= 11 is 0. The van der Waals surface area contributed by atoms with Crippen LogP contribution in [0.1, 0.15) is 18.9 Å². The third kappa shape index (κ3) is 2.91. The fraction of sp³-hybridized carbons (Fsp3) is 0.545. The van der Waals surface area contributed by atoms with Crippen molar-refractivity contribution in [3.63, 3.8) is 0 Å². The summed E-state index contributed by atoms with van der Waals surface area (Å²) in [6.07, 6.45) is 4.42. The Kier molecular flexibility index (Phi) is 3.53. The molecule has 1 atom stereocenters. The van der Waals surface area contributed by atoms with Crippen LogP contribution in [0.3, 0.4) is 0 Å². The number of hydrogen-bond donors (Lipinski definition) is 2. The molecule has 0 radical (unpaired) electrons. The van der Waals surface area contributed by atoms with E-state index < -0.39 is 0 Å². The standard InChI is InChI=1S/C11H17N5O/c1-8(17)15-10-2-3-16(7-10)11-13-5-9(4-12)6-14-11/h5-6,10H,2-4,7,12H2,1H3,(H,15,17). The molecule has 1 saturated heterocycles. The van der Waals surface area contributed by atoms with Gasteiger partial charge in [-0.1, -0.05) is 0 Å². The Morgan fingerprint density at radius 3 is 2.88 bits per heavy atom. The smallest absolute Gasteiger partial charge is 0.225 e. The van der Waals surface area contributed by atoms with Crippen LogP contribution >= 0.6 is 0 Å². The number of hydrogen-bond acceptors (Lipinski definition) is 5. The molecule has 3 N–H and O–H groups in total. The third-order valence-corrected chi connectivity index (χ3v) is 2.81. The Morgan fingerprint density at radius 1 is 1.59 bits per heavy atom. The van der Waals surface area contributed by atoms with Gasteiger partial charge in [0, 0.05) is 50.6 Å². The van der Waals surface area contributed by atoms with Crippen LogP contribution in [0.15, 0.2) is 12.4 Å². The van der Waals surface area contributed by atoms with Crippen molar-refractivity contribution in [2.75, 3.05) is 18.0 Å². The Bertz CT molecular complexity index is 391. The summed E-state index contributed by atoms with van der Waals surface area (Å²) in [5, 5.41) is 2.91. The minimum Gasteiger partial charge on any atom is -0.352 e. The topological polar surface area (TPSA) is 84.1 Å².